The van der Waals surface area contributed by atoms with E-state index in [0.717, 1.165) is 17.3 Å². The fourth-order valence-electron chi connectivity index (χ4n) is 3.12. The van der Waals surface area contributed by atoms with Crippen LogP contribution in [0.1, 0.15) is 27.0 Å². The number of ether oxygens (including phenoxy) is 1. The lowest BCUT2D eigenvalue weighted by molar-refractivity contribution is -0.138. The number of fused-ring (bicyclic) bond motifs is 1. The minimum absolute atomic E-state index is 0.0355. The Kier molecular flexibility index (Phi) is 4.80. The molecular weight excluding hydrogens is 389 g/mol. The number of amides is 1. The minimum atomic E-state index is -4.54. The summed E-state index contributed by atoms with van der Waals surface area (Å²) in [6.45, 7) is 0.385. The van der Waals surface area contributed by atoms with Gasteiger partial charge >= 0.3 is 6.18 Å². The average molecular weight is 404 g/mol. The second-order valence-corrected chi connectivity index (χ2v) is 7.07. The molecule has 0 bridgehead atoms. The van der Waals surface area contributed by atoms with Gasteiger partial charge in [-0.25, -0.2) is 4.98 Å². The summed E-state index contributed by atoms with van der Waals surface area (Å²) in [4.78, 5) is 16.4. The molecule has 4 nitrogen and oxygen atoms in total. The second-order valence-electron chi connectivity index (χ2n) is 6.36. The summed E-state index contributed by atoms with van der Waals surface area (Å²) in [6.07, 6.45) is -4.50. The van der Waals surface area contributed by atoms with Gasteiger partial charge in [0.1, 0.15) is 12.4 Å². The largest absolute Gasteiger partial charge is 0.491 e. The van der Waals surface area contributed by atoms with Crippen LogP contribution < -0.4 is 10.1 Å². The number of carbonyl (C=O) groups is 1. The Hall–Kier alpha value is -2.87. The van der Waals surface area contributed by atoms with E-state index in [1.807, 2.05) is 17.5 Å². The number of halogens is 3. The first-order valence-corrected chi connectivity index (χ1v) is 9.49. The van der Waals surface area contributed by atoms with E-state index in [2.05, 4.69) is 10.3 Å². The molecule has 1 aliphatic heterocycles. The molecule has 0 radical (unpaired) electrons. The number of nitrogens with zero attached hydrogens (tertiary/aromatic N) is 1. The fourth-order valence-corrected chi connectivity index (χ4v) is 3.68. The number of alkyl halides is 3. The quantitative estimate of drug-likeness (QED) is 0.697. The van der Waals surface area contributed by atoms with E-state index in [1.165, 1.54) is 17.4 Å². The standard InChI is InChI=1S/C20H15F3N2O2S/c21-20(22,23)16-9-18-15(19(26)24-5-6-27-18)8-14(16)7-12-1-3-13(4-2-12)17-10-28-11-25-17/h1-4,8-11H,5-7H2,(H,24,26). The van der Waals surface area contributed by atoms with Crippen molar-refractivity contribution in [3.63, 3.8) is 0 Å². The van der Waals surface area contributed by atoms with Crippen molar-refractivity contribution in [3.8, 4) is 17.0 Å². The number of nitrogens with one attached hydrogen (secondary N) is 1. The maximum atomic E-state index is 13.6. The van der Waals surface area contributed by atoms with Gasteiger partial charge in [0, 0.05) is 10.9 Å². The summed E-state index contributed by atoms with van der Waals surface area (Å²) in [6, 6.07) is 9.42. The molecule has 8 heteroatoms. The lowest BCUT2D eigenvalue weighted by atomic mass is 9.95. The monoisotopic (exact) mass is 404 g/mol. The molecule has 1 N–H and O–H groups in total. The van der Waals surface area contributed by atoms with Crippen molar-refractivity contribution in [1.82, 2.24) is 10.3 Å². The van der Waals surface area contributed by atoms with Gasteiger partial charge in [-0.15, -0.1) is 11.3 Å². The molecule has 28 heavy (non-hydrogen) atoms. The molecule has 0 atom stereocenters. The number of carbonyl (C=O) groups excluding carboxylic acids is 1. The number of thiazole rings is 1. The molecule has 4 rings (SSSR count). The van der Waals surface area contributed by atoms with Crippen molar-refractivity contribution in [1.29, 1.82) is 0 Å². The van der Waals surface area contributed by atoms with E-state index >= 15 is 0 Å². The molecule has 1 amide bonds. The summed E-state index contributed by atoms with van der Waals surface area (Å²) in [5.41, 5.74) is 3.53. The van der Waals surface area contributed by atoms with Gasteiger partial charge in [0.2, 0.25) is 0 Å². The van der Waals surface area contributed by atoms with Gasteiger partial charge in [-0.05, 0) is 29.7 Å². The van der Waals surface area contributed by atoms with Crippen LogP contribution in [0.2, 0.25) is 0 Å². The number of hydrogen-bond acceptors (Lipinski definition) is 4. The molecule has 0 fully saturated rings. The highest BCUT2D eigenvalue weighted by molar-refractivity contribution is 7.07. The number of hydrogen-bond donors (Lipinski definition) is 1. The van der Waals surface area contributed by atoms with E-state index < -0.39 is 17.6 Å². The fraction of sp³-hybridized carbons (Fsp3) is 0.200. The molecule has 0 saturated carbocycles. The van der Waals surface area contributed by atoms with Crippen molar-refractivity contribution in [2.24, 2.45) is 0 Å². The Labute approximate surface area is 163 Å². The normalized spacial score (nSPS) is 14.0. The molecule has 0 aliphatic carbocycles. The molecule has 0 saturated heterocycles. The van der Waals surface area contributed by atoms with E-state index in [4.69, 9.17) is 4.74 Å². The van der Waals surface area contributed by atoms with Crippen LogP contribution in [-0.4, -0.2) is 24.0 Å². The highest BCUT2D eigenvalue weighted by Crippen LogP contribution is 2.37. The van der Waals surface area contributed by atoms with E-state index in [1.54, 1.807) is 17.6 Å². The molecular formula is C20H15F3N2O2S. The van der Waals surface area contributed by atoms with E-state index in [0.29, 0.717) is 5.56 Å². The smallest absolute Gasteiger partial charge is 0.416 e. The van der Waals surface area contributed by atoms with Crippen LogP contribution in [-0.2, 0) is 12.6 Å². The highest BCUT2D eigenvalue weighted by atomic mass is 32.1. The van der Waals surface area contributed by atoms with Crippen molar-refractivity contribution in [2.75, 3.05) is 13.2 Å². The Morgan fingerprint density at radius 3 is 2.64 bits per heavy atom. The van der Waals surface area contributed by atoms with Crippen LogP contribution in [0.25, 0.3) is 11.3 Å². The Morgan fingerprint density at radius 2 is 1.96 bits per heavy atom. The number of benzene rings is 2. The summed E-state index contributed by atoms with van der Waals surface area (Å²) < 4.78 is 46.1. The summed E-state index contributed by atoms with van der Waals surface area (Å²) in [5.74, 6) is -0.466. The summed E-state index contributed by atoms with van der Waals surface area (Å²) in [5, 5.41) is 4.53. The van der Waals surface area contributed by atoms with E-state index in [9.17, 15) is 18.0 Å². The van der Waals surface area contributed by atoms with Crippen LogP contribution in [0.3, 0.4) is 0 Å². The van der Waals surface area contributed by atoms with Gasteiger partial charge in [0.25, 0.3) is 5.91 Å². The second kappa shape index (κ2) is 7.27. The van der Waals surface area contributed by atoms with Gasteiger partial charge in [0.15, 0.2) is 0 Å². The van der Waals surface area contributed by atoms with Gasteiger partial charge in [-0.2, -0.15) is 13.2 Å². The maximum absolute atomic E-state index is 13.6. The van der Waals surface area contributed by atoms with Crippen LogP contribution >= 0.6 is 11.3 Å². The SMILES string of the molecule is O=C1NCCOc2cc(C(F)(F)F)c(Cc3ccc(-c4cscn4)cc3)cc21. The Bertz CT molecular complexity index is 1000. The predicted molar refractivity (Wildman–Crippen MR) is 99.6 cm³/mol. The summed E-state index contributed by atoms with van der Waals surface area (Å²) in [7, 11) is 0. The third-order valence-electron chi connectivity index (χ3n) is 4.48. The number of aromatic nitrogens is 1. The highest BCUT2D eigenvalue weighted by Gasteiger charge is 2.35. The molecule has 1 aromatic heterocycles. The van der Waals surface area contributed by atoms with Crippen molar-refractivity contribution in [2.45, 2.75) is 12.6 Å². The topological polar surface area (TPSA) is 51.2 Å². The average Bonchev–Trinajstić information content (AvgIpc) is 3.13. The third-order valence-corrected chi connectivity index (χ3v) is 5.06. The van der Waals surface area contributed by atoms with Crippen molar-refractivity contribution in [3.05, 3.63) is 69.5 Å². The van der Waals surface area contributed by atoms with Gasteiger partial charge in [0.05, 0.1) is 28.9 Å². The Morgan fingerprint density at radius 1 is 1.18 bits per heavy atom. The lowest BCUT2D eigenvalue weighted by Gasteiger charge is -2.16. The van der Waals surface area contributed by atoms with Gasteiger partial charge < -0.3 is 10.1 Å². The molecule has 144 valence electrons. The van der Waals surface area contributed by atoms with Crippen LogP contribution in [0.4, 0.5) is 13.2 Å². The van der Waals surface area contributed by atoms with Crippen molar-refractivity contribution >= 4 is 17.2 Å². The van der Waals surface area contributed by atoms with Crippen LogP contribution in [0, 0.1) is 0 Å². The molecule has 0 spiro atoms. The molecule has 1 aliphatic rings. The predicted octanol–water partition coefficient (Wildman–Crippen LogP) is 4.54. The molecule has 2 heterocycles. The van der Waals surface area contributed by atoms with E-state index in [-0.39, 0.29) is 36.4 Å². The first-order valence-electron chi connectivity index (χ1n) is 8.54. The molecule has 3 aromatic rings. The minimum Gasteiger partial charge on any atom is -0.491 e. The van der Waals surface area contributed by atoms with Gasteiger partial charge in [-0.1, -0.05) is 24.3 Å². The molecule has 0 unspecified atom stereocenters. The number of rotatable bonds is 3. The Balaban J connectivity index is 1.71. The lowest BCUT2D eigenvalue weighted by Crippen LogP contribution is -2.24. The zero-order chi connectivity index (χ0) is 19.7. The maximum Gasteiger partial charge on any atom is 0.416 e. The summed E-state index contributed by atoms with van der Waals surface area (Å²) >= 11 is 1.48. The zero-order valence-electron chi connectivity index (χ0n) is 14.5. The zero-order valence-corrected chi connectivity index (χ0v) is 15.4. The molecule has 2 aromatic carbocycles. The van der Waals surface area contributed by atoms with Gasteiger partial charge in [-0.3, -0.25) is 4.79 Å². The third kappa shape index (κ3) is 3.73. The van der Waals surface area contributed by atoms with Crippen molar-refractivity contribution < 1.29 is 22.7 Å². The van der Waals surface area contributed by atoms with Crippen LogP contribution in [0.5, 0.6) is 5.75 Å². The first-order chi connectivity index (χ1) is 13.4. The first kappa shape index (κ1) is 18.5. The van der Waals surface area contributed by atoms with Crippen LogP contribution in [0.15, 0.2) is 47.3 Å².